The van der Waals surface area contributed by atoms with E-state index in [2.05, 4.69) is 20.9 Å². The molecule has 0 aliphatic carbocycles. The van der Waals surface area contributed by atoms with Crippen LogP contribution in [0.4, 0.5) is 14.9 Å². The van der Waals surface area contributed by atoms with Crippen molar-refractivity contribution in [2.45, 2.75) is 51.4 Å². The normalized spacial score (nSPS) is 16.7. The Balaban J connectivity index is 1.45. The van der Waals surface area contributed by atoms with Gasteiger partial charge in [0.15, 0.2) is 11.8 Å². The van der Waals surface area contributed by atoms with Crippen LogP contribution in [-0.2, 0) is 13.0 Å². The van der Waals surface area contributed by atoms with Crippen molar-refractivity contribution >= 4 is 35.0 Å². The third-order valence-corrected chi connectivity index (χ3v) is 6.77. The predicted octanol–water partition coefficient (Wildman–Crippen LogP) is 3.29. The number of carbonyl (C=O) groups excluding carboxylic acids is 1. The molecule has 2 aromatic carbocycles. The molecule has 0 radical (unpaired) electrons. The average molecular weight is 555 g/mol. The van der Waals surface area contributed by atoms with Gasteiger partial charge in [-0.3, -0.25) is 9.89 Å². The molecule has 0 spiro atoms. The molecule has 2 aliphatic rings. The molecule has 1 atom stereocenters. The van der Waals surface area contributed by atoms with E-state index in [0.717, 1.165) is 41.8 Å². The van der Waals surface area contributed by atoms with Crippen molar-refractivity contribution in [1.82, 2.24) is 16.0 Å². The zero-order valence-electron chi connectivity index (χ0n) is 22.2. The number of benzene rings is 2. The second-order valence-corrected chi connectivity index (χ2v) is 10.9. The van der Waals surface area contributed by atoms with Gasteiger partial charge < -0.3 is 33.2 Å². The molecular weight excluding hydrogens is 519 g/mol. The summed E-state index contributed by atoms with van der Waals surface area (Å²) in [5.74, 6) is -0.406. The smallest absolute Gasteiger partial charge is 0.327 e. The second kappa shape index (κ2) is 12.1. The number of hydrogen-bond acceptors (Lipinski definition) is 5. The van der Waals surface area contributed by atoms with Crippen molar-refractivity contribution in [2.24, 2.45) is 22.2 Å². The van der Waals surface area contributed by atoms with E-state index < -0.39 is 12.0 Å². The Labute approximate surface area is 233 Å². The van der Waals surface area contributed by atoms with Gasteiger partial charge in [-0.2, -0.15) is 0 Å². The van der Waals surface area contributed by atoms with Crippen molar-refractivity contribution in [2.75, 3.05) is 18.0 Å². The first-order valence-electron chi connectivity index (χ1n) is 12.9. The molecule has 1 unspecified atom stereocenters. The molecule has 0 saturated heterocycles. The monoisotopic (exact) mass is 554 g/mol. The van der Waals surface area contributed by atoms with Crippen LogP contribution in [0.2, 0.25) is 5.02 Å². The molecule has 39 heavy (non-hydrogen) atoms. The molecular formula is C28H36ClFN8O. The molecule has 11 heteroatoms. The van der Waals surface area contributed by atoms with E-state index >= 15 is 4.39 Å². The number of halogens is 2. The lowest BCUT2D eigenvalue weighted by Crippen LogP contribution is -2.51. The largest absolute Gasteiger partial charge is 0.370 e. The topological polar surface area (TPSA) is 147 Å². The fraction of sp³-hybridized carbons (Fsp3) is 0.357. The van der Waals surface area contributed by atoms with Gasteiger partial charge >= 0.3 is 6.03 Å². The third-order valence-electron chi connectivity index (χ3n) is 6.49. The number of anilines is 1. The van der Waals surface area contributed by atoms with Crippen molar-refractivity contribution in [1.29, 1.82) is 0 Å². The third kappa shape index (κ3) is 7.50. The minimum atomic E-state index is -0.506. The van der Waals surface area contributed by atoms with Gasteiger partial charge in [0.2, 0.25) is 0 Å². The Kier molecular flexibility index (Phi) is 8.79. The molecule has 0 aromatic heterocycles. The SMILES string of the molecule is CC(C)(N)CCc1cc(Cl)c(F)c(C2=CC3=CN(c4ccc(CNCCCN=C(N)N)cc4)C(=O)NC3N2)c1. The summed E-state index contributed by atoms with van der Waals surface area (Å²) in [6.45, 7) is 5.95. The van der Waals surface area contributed by atoms with Crippen LogP contribution in [-0.4, -0.2) is 36.8 Å². The molecule has 2 aromatic rings. The number of fused-ring (bicyclic) bond motifs is 1. The Hall–Kier alpha value is -3.60. The van der Waals surface area contributed by atoms with Gasteiger partial charge in [-0.1, -0.05) is 23.7 Å². The van der Waals surface area contributed by atoms with E-state index in [1.807, 2.05) is 44.2 Å². The van der Waals surface area contributed by atoms with Gasteiger partial charge in [-0.25, -0.2) is 9.18 Å². The van der Waals surface area contributed by atoms with Crippen LogP contribution >= 0.6 is 11.6 Å². The quantitative estimate of drug-likeness (QED) is 0.143. The van der Waals surface area contributed by atoms with Crippen LogP contribution in [0.3, 0.4) is 0 Å². The van der Waals surface area contributed by atoms with Crippen molar-refractivity contribution in [3.8, 4) is 0 Å². The fourth-order valence-electron chi connectivity index (χ4n) is 4.38. The van der Waals surface area contributed by atoms with E-state index in [9.17, 15) is 4.79 Å². The fourth-order valence-corrected chi connectivity index (χ4v) is 4.62. The predicted molar refractivity (Wildman–Crippen MR) is 155 cm³/mol. The summed E-state index contributed by atoms with van der Waals surface area (Å²) in [7, 11) is 0. The lowest BCUT2D eigenvalue weighted by molar-refractivity contribution is 0.244. The Morgan fingerprint density at radius 3 is 2.62 bits per heavy atom. The van der Waals surface area contributed by atoms with E-state index in [-0.39, 0.29) is 22.6 Å². The standard InChI is InChI=1S/C28H36ClFN8O/c1-28(2,33)9-8-18-12-21(24(30)22(29)13-18)23-14-19-16-38(27(39)37-25(19)36-23)20-6-4-17(5-7-20)15-34-10-3-11-35-26(31)32/h4-7,12-14,16,25,34,36H,3,8-11,15,33H2,1-2H3,(H,37,39)(H4,31,32,35). The number of urea groups is 1. The Morgan fingerprint density at radius 1 is 1.18 bits per heavy atom. The molecule has 2 aliphatic heterocycles. The zero-order chi connectivity index (χ0) is 28.2. The highest BCUT2D eigenvalue weighted by atomic mass is 35.5. The Morgan fingerprint density at radius 2 is 1.92 bits per heavy atom. The summed E-state index contributed by atoms with van der Waals surface area (Å²) in [5.41, 5.74) is 20.9. The van der Waals surface area contributed by atoms with Crippen molar-refractivity contribution in [3.05, 3.63) is 81.8 Å². The number of hydrogen-bond donors (Lipinski definition) is 6. The average Bonchev–Trinajstić information content (AvgIpc) is 3.28. The summed E-state index contributed by atoms with van der Waals surface area (Å²) in [6.07, 6.45) is 5.37. The number of amides is 2. The minimum absolute atomic E-state index is 0.0536. The van der Waals surface area contributed by atoms with Crippen LogP contribution in [0.5, 0.6) is 0 Å². The van der Waals surface area contributed by atoms with Crippen LogP contribution < -0.4 is 38.1 Å². The molecule has 0 bridgehead atoms. The molecule has 2 heterocycles. The molecule has 9 N–H and O–H groups in total. The maximum atomic E-state index is 15.0. The first kappa shape index (κ1) is 28.4. The van der Waals surface area contributed by atoms with Crippen LogP contribution in [0.1, 0.15) is 43.4 Å². The van der Waals surface area contributed by atoms with Gasteiger partial charge in [-0.15, -0.1) is 0 Å². The highest BCUT2D eigenvalue weighted by Gasteiger charge is 2.32. The number of aliphatic imine (C=N–C) groups is 1. The maximum Gasteiger partial charge on any atom is 0.327 e. The summed E-state index contributed by atoms with van der Waals surface area (Å²) in [5, 5.41) is 9.55. The number of nitrogens with zero attached hydrogens (tertiary/aromatic N) is 2. The van der Waals surface area contributed by atoms with E-state index in [4.69, 9.17) is 28.8 Å². The number of rotatable bonds is 11. The van der Waals surface area contributed by atoms with Crippen molar-refractivity contribution in [3.63, 3.8) is 0 Å². The lowest BCUT2D eigenvalue weighted by atomic mass is 9.95. The summed E-state index contributed by atoms with van der Waals surface area (Å²) < 4.78 is 15.0. The number of nitrogens with one attached hydrogen (secondary N) is 3. The van der Waals surface area contributed by atoms with Crippen LogP contribution in [0.25, 0.3) is 5.70 Å². The van der Waals surface area contributed by atoms with Gasteiger partial charge in [0, 0.05) is 41.7 Å². The van der Waals surface area contributed by atoms with E-state index in [1.165, 1.54) is 0 Å². The van der Waals surface area contributed by atoms with Gasteiger partial charge in [0.25, 0.3) is 0 Å². The minimum Gasteiger partial charge on any atom is -0.370 e. The van der Waals surface area contributed by atoms with E-state index in [0.29, 0.717) is 30.8 Å². The molecule has 2 amide bonds. The molecule has 208 valence electrons. The summed E-state index contributed by atoms with van der Waals surface area (Å²) in [4.78, 5) is 18.4. The first-order chi connectivity index (χ1) is 18.5. The molecule has 0 fully saturated rings. The molecule has 4 rings (SSSR count). The lowest BCUT2D eigenvalue weighted by Gasteiger charge is -2.29. The highest BCUT2D eigenvalue weighted by Crippen LogP contribution is 2.32. The highest BCUT2D eigenvalue weighted by molar-refractivity contribution is 6.31. The summed E-state index contributed by atoms with van der Waals surface area (Å²) >= 11 is 6.23. The van der Waals surface area contributed by atoms with E-state index in [1.54, 1.807) is 23.2 Å². The maximum absolute atomic E-state index is 15.0. The number of guanidine groups is 1. The van der Waals surface area contributed by atoms with Gasteiger partial charge in [-0.05, 0) is 81.1 Å². The molecule has 9 nitrogen and oxygen atoms in total. The first-order valence-corrected chi connectivity index (χ1v) is 13.3. The molecule has 0 saturated carbocycles. The number of carbonyl (C=O) groups is 1. The van der Waals surface area contributed by atoms with Crippen molar-refractivity contribution < 1.29 is 9.18 Å². The zero-order valence-corrected chi connectivity index (χ0v) is 23.0. The van der Waals surface area contributed by atoms with Crippen LogP contribution in [0.15, 0.2) is 59.2 Å². The number of aryl methyl sites for hydroxylation is 1. The van der Waals surface area contributed by atoms with Gasteiger partial charge in [0.05, 0.1) is 10.7 Å². The Bertz CT molecular complexity index is 1300. The van der Waals surface area contributed by atoms with Gasteiger partial charge in [0.1, 0.15) is 6.17 Å². The summed E-state index contributed by atoms with van der Waals surface area (Å²) in [6, 6.07) is 10.9. The second-order valence-electron chi connectivity index (χ2n) is 10.5. The number of nitrogens with two attached hydrogens (primary N) is 3. The van der Waals surface area contributed by atoms with Crippen LogP contribution in [0, 0.1) is 5.82 Å².